The second kappa shape index (κ2) is 13.4. The van der Waals surface area contributed by atoms with Gasteiger partial charge >= 0.3 is 0 Å². The van der Waals surface area contributed by atoms with Crippen LogP contribution in [0.15, 0.2) is 188 Å². The molecule has 288 valence electrons. The molecule has 9 aromatic rings. The van der Waals surface area contributed by atoms with E-state index in [1.807, 2.05) is 0 Å². The highest BCUT2D eigenvalue weighted by Crippen LogP contribution is 2.57. The van der Waals surface area contributed by atoms with Crippen molar-refractivity contribution in [1.29, 1.82) is 0 Å². The maximum atomic E-state index is 2.55. The molecule has 0 N–H and O–H groups in total. The molecule has 60 heavy (non-hydrogen) atoms. The van der Waals surface area contributed by atoms with Crippen LogP contribution in [0.1, 0.15) is 68.2 Å². The van der Waals surface area contributed by atoms with Gasteiger partial charge in [0.05, 0.1) is 0 Å². The van der Waals surface area contributed by atoms with Gasteiger partial charge < -0.3 is 4.90 Å². The monoisotopic (exact) mass is 769 g/mol. The lowest BCUT2D eigenvalue weighted by molar-refractivity contribution is 0.353. The minimum atomic E-state index is -0.107. The van der Waals surface area contributed by atoms with E-state index in [4.69, 9.17) is 0 Å². The topological polar surface area (TPSA) is 3.24 Å². The van der Waals surface area contributed by atoms with Crippen molar-refractivity contribution in [2.75, 3.05) is 4.90 Å². The molecular weight excluding hydrogens is 723 g/mol. The molecule has 9 aromatic carbocycles. The van der Waals surface area contributed by atoms with Crippen LogP contribution in [0.25, 0.3) is 66.1 Å². The van der Waals surface area contributed by atoms with Crippen LogP contribution in [0.5, 0.6) is 0 Å². The van der Waals surface area contributed by atoms with E-state index in [1.54, 1.807) is 0 Å². The average molecular weight is 770 g/mol. The van der Waals surface area contributed by atoms with Crippen molar-refractivity contribution in [3.8, 4) is 44.5 Å². The van der Waals surface area contributed by atoms with Crippen LogP contribution in [-0.4, -0.2) is 0 Å². The third kappa shape index (κ3) is 5.18. The number of fused-ring (bicyclic) bond motifs is 11. The molecule has 12 rings (SSSR count). The lowest BCUT2D eigenvalue weighted by Gasteiger charge is -2.36. The molecule has 0 amide bonds. The summed E-state index contributed by atoms with van der Waals surface area (Å²) in [5.41, 5.74) is 19.9. The van der Waals surface area contributed by atoms with Gasteiger partial charge in [-0.25, -0.2) is 0 Å². The first-order chi connectivity index (χ1) is 29.5. The Hall–Kier alpha value is -6.70. The fourth-order valence-corrected chi connectivity index (χ4v) is 11.7. The molecule has 0 radical (unpaired) electrons. The molecule has 0 atom stereocenters. The largest absolute Gasteiger partial charge is 0.310 e. The fraction of sp³-hybridized carbons (Fsp3) is 0.153. The molecule has 1 fully saturated rings. The zero-order valence-electron chi connectivity index (χ0n) is 34.4. The number of rotatable bonds is 5. The van der Waals surface area contributed by atoms with Gasteiger partial charge in [-0.2, -0.15) is 0 Å². The first-order valence-corrected chi connectivity index (χ1v) is 21.9. The normalized spacial score (nSPS) is 15.4. The molecule has 1 heteroatoms. The summed E-state index contributed by atoms with van der Waals surface area (Å²) in [6, 6.07) is 71.1. The maximum Gasteiger partial charge on any atom is 0.0467 e. The van der Waals surface area contributed by atoms with E-state index in [1.165, 1.54) is 126 Å². The highest BCUT2D eigenvalue weighted by atomic mass is 15.1. The molecular formula is C59H47N. The van der Waals surface area contributed by atoms with Crippen molar-refractivity contribution in [3.63, 3.8) is 0 Å². The first kappa shape index (κ1) is 35.3. The van der Waals surface area contributed by atoms with Crippen molar-refractivity contribution in [2.45, 2.75) is 56.8 Å². The molecule has 3 aliphatic carbocycles. The number of anilines is 3. The zero-order valence-corrected chi connectivity index (χ0v) is 34.4. The molecule has 3 aliphatic rings. The number of hydrogen-bond acceptors (Lipinski definition) is 1. The summed E-state index contributed by atoms with van der Waals surface area (Å²) in [4.78, 5) is 2.51. The third-order valence-corrected chi connectivity index (χ3v) is 14.4. The predicted octanol–water partition coefficient (Wildman–Crippen LogP) is 16.3. The lowest BCUT2D eigenvalue weighted by Crippen LogP contribution is -2.28. The van der Waals surface area contributed by atoms with Crippen LogP contribution in [0, 0.1) is 0 Å². The van der Waals surface area contributed by atoms with Gasteiger partial charge in [-0.05, 0) is 144 Å². The van der Waals surface area contributed by atoms with Gasteiger partial charge in [0.25, 0.3) is 0 Å². The quantitative estimate of drug-likeness (QED) is 0.158. The Labute approximate surface area is 353 Å². The van der Waals surface area contributed by atoms with Crippen molar-refractivity contribution < 1.29 is 0 Å². The van der Waals surface area contributed by atoms with E-state index in [0.29, 0.717) is 0 Å². The Morgan fingerprint density at radius 3 is 1.78 bits per heavy atom. The van der Waals surface area contributed by atoms with Crippen molar-refractivity contribution in [3.05, 3.63) is 210 Å². The molecule has 0 unspecified atom stereocenters. The van der Waals surface area contributed by atoms with E-state index in [2.05, 4.69) is 207 Å². The Bertz CT molecular complexity index is 3160. The summed E-state index contributed by atoms with van der Waals surface area (Å²) in [6.45, 7) is 4.78. The highest BCUT2D eigenvalue weighted by Gasteiger charge is 2.44. The molecule has 0 bridgehead atoms. The van der Waals surface area contributed by atoms with Crippen molar-refractivity contribution in [2.24, 2.45) is 0 Å². The second-order valence-electron chi connectivity index (χ2n) is 17.9. The van der Waals surface area contributed by atoms with Crippen LogP contribution in [0.4, 0.5) is 17.1 Å². The Balaban J connectivity index is 1.03. The first-order valence-electron chi connectivity index (χ1n) is 21.9. The van der Waals surface area contributed by atoms with Crippen LogP contribution in [-0.2, 0) is 10.8 Å². The van der Waals surface area contributed by atoms with Crippen molar-refractivity contribution in [1.82, 2.24) is 0 Å². The summed E-state index contributed by atoms with van der Waals surface area (Å²) in [5.74, 6) is 0. The van der Waals surface area contributed by atoms with Crippen LogP contribution in [0.2, 0.25) is 0 Å². The SMILES string of the molecule is CC1(C)c2ccccc2-c2cccc(-c3cccc(N(c4ccc(-c5cc6ccccc6c6ccccc56)cc4)c4ccc5c(c4)C4(CCCCC4)c4ccccc4-5)c3)c21. The standard InChI is InChI=1S/C59H47N/c1-58(2)54-26-10-8-23-50(54)52-25-15-24-46(57(52)58)40-17-14-18-43(36-40)60(44-32-33-51-49-22-9-11-27-55(49)59(56(51)38-44)34-12-3-13-35-59)42-30-28-39(29-31-42)53-37-41-16-4-5-19-45(41)47-20-6-7-21-48(47)53/h4-11,14-33,36-38H,3,12-13,34-35H2,1-2H3. The summed E-state index contributed by atoms with van der Waals surface area (Å²) < 4.78 is 0. The second-order valence-corrected chi connectivity index (χ2v) is 17.9. The molecule has 0 saturated heterocycles. The van der Waals surface area contributed by atoms with Gasteiger partial charge in [-0.1, -0.05) is 179 Å². The van der Waals surface area contributed by atoms with Gasteiger partial charge in [0.2, 0.25) is 0 Å². The zero-order chi connectivity index (χ0) is 40.0. The molecule has 0 heterocycles. The molecule has 0 aromatic heterocycles. The minimum Gasteiger partial charge on any atom is -0.310 e. The molecule has 1 saturated carbocycles. The smallest absolute Gasteiger partial charge is 0.0467 e. The Kier molecular flexibility index (Phi) is 7.88. The minimum absolute atomic E-state index is 0.0693. The van der Waals surface area contributed by atoms with Crippen LogP contribution < -0.4 is 4.90 Å². The highest BCUT2D eigenvalue weighted by molar-refractivity contribution is 6.13. The van der Waals surface area contributed by atoms with Gasteiger partial charge in [-0.15, -0.1) is 0 Å². The summed E-state index contributed by atoms with van der Waals surface area (Å²) in [5, 5.41) is 5.14. The van der Waals surface area contributed by atoms with E-state index in [9.17, 15) is 0 Å². The summed E-state index contributed by atoms with van der Waals surface area (Å²) in [7, 11) is 0. The van der Waals surface area contributed by atoms with E-state index in [-0.39, 0.29) is 10.8 Å². The molecule has 1 spiro atoms. The Morgan fingerprint density at radius 2 is 0.967 bits per heavy atom. The van der Waals surface area contributed by atoms with E-state index >= 15 is 0 Å². The van der Waals surface area contributed by atoms with Gasteiger partial charge in [-0.3, -0.25) is 0 Å². The maximum absolute atomic E-state index is 2.55. The molecule has 1 nitrogen and oxygen atoms in total. The predicted molar refractivity (Wildman–Crippen MR) is 254 cm³/mol. The summed E-state index contributed by atoms with van der Waals surface area (Å²) >= 11 is 0. The number of benzene rings is 9. The van der Waals surface area contributed by atoms with Crippen LogP contribution in [0.3, 0.4) is 0 Å². The number of hydrogen-bond donors (Lipinski definition) is 0. The van der Waals surface area contributed by atoms with Gasteiger partial charge in [0.15, 0.2) is 0 Å². The van der Waals surface area contributed by atoms with Gasteiger partial charge in [0.1, 0.15) is 0 Å². The van der Waals surface area contributed by atoms with Gasteiger partial charge in [0, 0.05) is 27.9 Å². The number of nitrogens with zero attached hydrogens (tertiary/aromatic N) is 1. The van der Waals surface area contributed by atoms with E-state index < -0.39 is 0 Å². The fourth-order valence-electron chi connectivity index (χ4n) is 11.7. The molecule has 0 aliphatic heterocycles. The Morgan fingerprint density at radius 1 is 0.367 bits per heavy atom. The van der Waals surface area contributed by atoms with Crippen LogP contribution >= 0.6 is 0 Å². The average Bonchev–Trinajstić information content (AvgIpc) is 3.70. The summed E-state index contributed by atoms with van der Waals surface area (Å²) in [6.07, 6.45) is 6.29. The third-order valence-electron chi connectivity index (χ3n) is 14.4. The van der Waals surface area contributed by atoms with E-state index in [0.717, 1.165) is 11.4 Å². The lowest BCUT2D eigenvalue weighted by atomic mass is 9.68. The van der Waals surface area contributed by atoms with Crippen molar-refractivity contribution >= 4 is 38.6 Å².